The van der Waals surface area contributed by atoms with Crippen molar-refractivity contribution in [3.8, 4) is 0 Å². The molecule has 1 spiro atoms. The predicted molar refractivity (Wildman–Crippen MR) is 77.6 cm³/mol. The van der Waals surface area contributed by atoms with E-state index in [1.807, 2.05) is 6.92 Å². The van der Waals surface area contributed by atoms with Gasteiger partial charge < -0.3 is 14.5 Å². The minimum Gasteiger partial charge on any atom is -0.444 e. The van der Waals surface area contributed by atoms with Gasteiger partial charge in [0.05, 0.1) is 23.9 Å². The summed E-state index contributed by atoms with van der Waals surface area (Å²) in [5, 5.41) is 3.49. The maximum absolute atomic E-state index is 6.37. The van der Waals surface area contributed by atoms with E-state index in [1.165, 1.54) is 44.9 Å². The highest BCUT2D eigenvalue weighted by Gasteiger charge is 2.40. The molecule has 0 amide bonds. The van der Waals surface area contributed by atoms with Crippen LogP contribution in [0.2, 0.25) is 0 Å². The summed E-state index contributed by atoms with van der Waals surface area (Å²) >= 11 is 0. The number of ether oxygens (including phenoxy) is 1. The summed E-state index contributed by atoms with van der Waals surface area (Å²) in [5.74, 6) is 1.64. The molecule has 1 aliphatic heterocycles. The van der Waals surface area contributed by atoms with Crippen molar-refractivity contribution in [2.24, 2.45) is 0 Å². The van der Waals surface area contributed by atoms with Crippen LogP contribution < -0.4 is 5.32 Å². The quantitative estimate of drug-likeness (QED) is 0.915. The third-order valence-corrected chi connectivity index (χ3v) is 4.76. The lowest BCUT2D eigenvalue weighted by molar-refractivity contribution is -0.0630. The number of aryl methyl sites for hydroxylation is 1. The van der Waals surface area contributed by atoms with Crippen LogP contribution in [-0.2, 0) is 4.74 Å². The number of oxazole rings is 1. The fraction of sp³-hybridized carbons (Fsp3) is 0.812. The first-order valence-electron chi connectivity index (χ1n) is 8.00. The van der Waals surface area contributed by atoms with Gasteiger partial charge in [0.1, 0.15) is 5.76 Å². The van der Waals surface area contributed by atoms with Gasteiger partial charge in [0, 0.05) is 6.54 Å². The SMILES string of the molecule is Cc1cnc(C(C)NCC2CCC3(CCCCC3)O2)o1. The Morgan fingerprint density at radius 2 is 2.15 bits per heavy atom. The molecular formula is C16H26N2O2. The molecule has 0 radical (unpaired) electrons. The monoisotopic (exact) mass is 278 g/mol. The molecule has 1 aliphatic carbocycles. The van der Waals surface area contributed by atoms with Gasteiger partial charge in [-0.2, -0.15) is 0 Å². The molecule has 2 atom stereocenters. The lowest BCUT2D eigenvalue weighted by Crippen LogP contribution is -2.35. The molecule has 1 aromatic rings. The van der Waals surface area contributed by atoms with Gasteiger partial charge in [0.15, 0.2) is 0 Å². The number of nitrogens with one attached hydrogen (secondary N) is 1. The second kappa shape index (κ2) is 5.86. The summed E-state index contributed by atoms with van der Waals surface area (Å²) in [4.78, 5) is 4.27. The van der Waals surface area contributed by atoms with Crippen molar-refractivity contribution in [2.75, 3.05) is 6.54 Å². The van der Waals surface area contributed by atoms with E-state index in [0.717, 1.165) is 18.2 Å². The van der Waals surface area contributed by atoms with E-state index >= 15 is 0 Å². The van der Waals surface area contributed by atoms with Gasteiger partial charge in [-0.1, -0.05) is 19.3 Å². The minimum absolute atomic E-state index is 0.148. The fourth-order valence-electron chi connectivity index (χ4n) is 3.57. The van der Waals surface area contributed by atoms with E-state index in [0.29, 0.717) is 6.10 Å². The predicted octanol–water partition coefficient (Wildman–Crippen LogP) is 3.52. The maximum atomic E-state index is 6.37. The Kier molecular flexibility index (Phi) is 4.13. The number of hydrogen-bond donors (Lipinski definition) is 1. The third-order valence-electron chi connectivity index (χ3n) is 4.76. The summed E-state index contributed by atoms with van der Waals surface area (Å²) in [6, 6.07) is 0.148. The summed E-state index contributed by atoms with van der Waals surface area (Å²) in [6.07, 6.45) is 11.1. The van der Waals surface area contributed by atoms with Crippen LogP contribution >= 0.6 is 0 Å². The van der Waals surface area contributed by atoms with E-state index in [9.17, 15) is 0 Å². The van der Waals surface area contributed by atoms with Crippen LogP contribution in [-0.4, -0.2) is 23.2 Å². The maximum Gasteiger partial charge on any atom is 0.211 e. The average Bonchev–Trinajstić information content (AvgIpc) is 3.05. The minimum atomic E-state index is 0.148. The van der Waals surface area contributed by atoms with Crippen molar-refractivity contribution in [2.45, 2.75) is 76.5 Å². The van der Waals surface area contributed by atoms with Crippen LogP contribution in [0.5, 0.6) is 0 Å². The second-order valence-electron chi connectivity index (χ2n) is 6.46. The van der Waals surface area contributed by atoms with Crippen molar-refractivity contribution < 1.29 is 9.15 Å². The zero-order valence-corrected chi connectivity index (χ0v) is 12.7. The lowest BCUT2D eigenvalue weighted by atomic mass is 9.83. The van der Waals surface area contributed by atoms with E-state index in [1.54, 1.807) is 6.20 Å². The summed E-state index contributed by atoms with van der Waals surface area (Å²) < 4.78 is 11.9. The highest BCUT2D eigenvalue weighted by Crippen LogP contribution is 2.41. The second-order valence-corrected chi connectivity index (χ2v) is 6.46. The van der Waals surface area contributed by atoms with Crippen molar-refractivity contribution >= 4 is 0 Å². The fourth-order valence-corrected chi connectivity index (χ4v) is 3.57. The van der Waals surface area contributed by atoms with E-state index in [-0.39, 0.29) is 11.6 Å². The topological polar surface area (TPSA) is 47.3 Å². The van der Waals surface area contributed by atoms with Gasteiger partial charge in [0.2, 0.25) is 5.89 Å². The van der Waals surface area contributed by atoms with Crippen molar-refractivity contribution in [1.82, 2.24) is 10.3 Å². The molecule has 3 rings (SSSR count). The Morgan fingerprint density at radius 3 is 2.85 bits per heavy atom. The zero-order chi connectivity index (χ0) is 14.0. The molecule has 0 aromatic carbocycles. The normalized spacial score (nSPS) is 27.0. The smallest absolute Gasteiger partial charge is 0.211 e. The van der Waals surface area contributed by atoms with Gasteiger partial charge in [-0.05, 0) is 39.5 Å². The summed E-state index contributed by atoms with van der Waals surface area (Å²) in [7, 11) is 0. The lowest BCUT2D eigenvalue weighted by Gasteiger charge is -2.33. The molecule has 1 N–H and O–H groups in total. The molecule has 20 heavy (non-hydrogen) atoms. The third kappa shape index (κ3) is 3.07. The van der Waals surface area contributed by atoms with Crippen LogP contribution in [0.25, 0.3) is 0 Å². The Morgan fingerprint density at radius 1 is 1.35 bits per heavy atom. The molecule has 1 aromatic heterocycles. The first-order chi connectivity index (χ1) is 9.67. The molecule has 4 heteroatoms. The Labute approximate surface area is 121 Å². The van der Waals surface area contributed by atoms with Gasteiger partial charge >= 0.3 is 0 Å². The molecule has 2 aliphatic rings. The number of rotatable bonds is 4. The molecule has 112 valence electrons. The summed E-state index contributed by atoms with van der Waals surface area (Å²) in [5.41, 5.74) is 0.216. The first kappa shape index (κ1) is 14.1. The highest BCUT2D eigenvalue weighted by atomic mass is 16.5. The molecule has 2 heterocycles. The van der Waals surface area contributed by atoms with Crippen LogP contribution in [0, 0.1) is 6.92 Å². The standard InChI is InChI=1S/C16H26N2O2/c1-12-10-18-15(19-12)13(2)17-11-14-6-9-16(20-14)7-4-3-5-8-16/h10,13-14,17H,3-9,11H2,1-2H3. The molecule has 0 bridgehead atoms. The van der Waals surface area contributed by atoms with E-state index in [2.05, 4.69) is 17.2 Å². The van der Waals surface area contributed by atoms with Crippen LogP contribution in [0.1, 0.15) is 69.6 Å². The molecule has 1 saturated heterocycles. The molecular weight excluding hydrogens is 252 g/mol. The highest BCUT2D eigenvalue weighted by molar-refractivity contribution is 4.96. The van der Waals surface area contributed by atoms with Gasteiger partial charge in [-0.25, -0.2) is 4.98 Å². The molecule has 2 fully saturated rings. The number of hydrogen-bond acceptors (Lipinski definition) is 4. The van der Waals surface area contributed by atoms with E-state index in [4.69, 9.17) is 9.15 Å². The van der Waals surface area contributed by atoms with Crippen molar-refractivity contribution in [3.63, 3.8) is 0 Å². The molecule has 2 unspecified atom stereocenters. The summed E-state index contributed by atoms with van der Waals surface area (Å²) in [6.45, 7) is 4.91. The molecule has 1 saturated carbocycles. The van der Waals surface area contributed by atoms with Crippen LogP contribution in [0.4, 0.5) is 0 Å². The van der Waals surface area contributed by atoms with Gasteiger partial charge in [-0.15, -0.1) is 0 Å². The van der Waals surface area contributed by atoms with Crippen LogP contribution in [0.15, 0.2) is 10.6 Å². The number of nitrogens with zero attached hydrogens (tertiary/aromatic N) is 1. The van der Waals surface area contributed by atoms with E-state index < -0.39 is 0 Å². The van der Waals surface area contributed by atoms with Crippen molar-refractivity contribution in [3.05, 3.63) is 17.8 Å². The Balaban J connectivity index is 1.47. The zero-order valence-electron chi connectivity index (χ0n) is 12.7. The Hall–Kier alpha value is -0.870. The largest absolute Gasteiger partial charge is 0.444 e. The Bertz CT molecular complexity index is 437. The first-order valence-corrected chi connectivity index (χ1v) is 8.00. The molecule has 4 nitrogen and oxygen atoms in total. The number of aromatic nitrogens is 1. The van der Waals surface area contributed by atoms with Crippen LogP contribution in [0.3, 0.4) is 0 Å². The van der Waals surface area contributed by atoms with Gasteiger partial charge in [0.25, 0.3) is 0 Å². The van der Waals surface area contributed by atoms with Gasteiger partial charge in [-0.3, -0.25) is 0 Å². The average molecular weight is 278 g/mol. The van der Waals surface area contributed by atoms with Crippen molar-refractivity contribution in [1.29, 1.82) is 0 Å².